The van der Waals surface area contributed by atoms with Gasteiger partial charge >= 0.3 is 12.4 Å². The lowest BCUT2D eigenvalue weighted by Gasteiger charge is -2.14. The van der Waals surface area contributed by atoms with Crippen LogP contribution in [0.3, 0.4) is 0 Å². The molecule has 0 amide bonds. The van der Waals surface area contributed by atoms with Crippen molar-refractivity contribution in [1.82, 2.24) is 0 Å². The number of halogens is 6. The Kier molecular flexibility index (Phi) is 3.25. The molecule has 18 heavy (non-hydrogen) atoms. The fraction of sp³-hybridized carbons (Fsp3) is 0.200. The monoisotopic (exact) mass is 264 g/mol. The highest BCUT2D eigenvalue weighted by Gasteiger charge is 2.40. The van der Waals surface area contributed by atoms with Gasteiger partial charge in [0, 0.05) is 0 Å². The zero-order valence-corrected chi connectivity index (χ0v) is 8.32. The minimum atomic E-state index is -5.00. The maximum Gasteiger partial charge on any atom is 0.417 e. The van der Waals surface area contributed by atoms with Crippen molar-refractivity contribution in [3.63, 3.8) is 0 Å². The summed E-state index contributed by atoms with van der Waals surface area (Å²) in [5, 5.41) is 17.0. The lowest BCUT2D eigenvalue weighted by Crippen LogP contribution is -2.14. The van der Waals surface area contributed by atoms with Gasteiger partial charge in [-0.1, -0.05) is 0 Å². The van der Waals surface area contributed by atoms with E-state index in [9.17, 15) is 26.3 Å². The van der Waals surface area contributed by atoms with Crippen LogP contribution >= 0.6 is 0 Å². The minimum Gasteiger partial charge on any atom is -0.192 e. The number of alkyl halides is 6. The number of nitriles is 2. The van der Waals surface area contributed by atoms with Crippen LogP contribution in [-0.2, 0) is 12.4 Å². The molecule has 1 aromatic carbocycles. The first-order chi connectivity index (χ1) is 8.12. The van der Waals surface area contributed by atoms with Crippen LogP contribution < -0.4 is 0 Å². The summed E-state index contributed by atoms with van der Waals surface area (Å²) in [4.78, 5) is 0. The highest BCUT2D eigenvalue weighted by Crippen LogP contribution is 2.38. The van der Waals surface area contributed by atoms with Crippen molar-refractivity contribution in [3.8, 4) is 12.1 Å². The van der Waals surface area contributed by atoms with Crippen molar-refractivity contribution in [1.29, 1.82) is 10.5 Å². The predicted molar refractivity (Wildman–Crippen MR) is 45.9 cm³/mol. The van der Waals surface area contributed by atoms with Crippen LogP contribution in [0, 0.1) is 22.7 Å². The van der Waals surface area contributed by atoms with E-state index in [4.69, 9.17) is 10.5 Å². The van der Waals surface area contributed by atoms with Gasteiger partial charge in [-0.2, -0.15) is 36.9 Å². The lowest BCUT2D eigenvalue weighted by atomic mass is 9.96. The minimum absolute atomic E-state index is 0.141. The van der Waals surface area contributed by atoms with Gasteiger partial charge in [0.25, 0.3) is 0 Å². The van der Waals surface area contributed by atoms with Gasteiger partial charge in [0.2, 0.25) is 0 Å². The molecule has 0 aromatic heterocycles. The number of nitrogens with zero attached hydrogens (tertiary/aromatic N) is 2. The highest BCUT2D eigenvalue weighted by atomic mass is 19.4. The summed E-state index contributed by atoms with van der Waals surface area (Å²) < 4.78 is 74.6. The quantitative estimate of drug-likeness (QED) is 0.673. The first-order valence-electron chi connectivity index (χ1n) is 4.24. The Bertz CT molecular complexity index is 505. The molecule has 0 saturated heterocycles. The van der Waals surface area contributed by atoms with Crippen molar-refractivity contribution >= 4 is 0 Å². The molecule has 0 radical (unpaired) electrons. The second-order valence-corrected chi connectivity index (χ2v) is 3.13. The topological polar surface area (TPSA) is 47.6 Å². The van der Waals surface area contributed by atoms with E-state index < -0.39 is 34.6 Å². The number of rotatable bonds is 0. The molecule has 1 rings (SSSR count). The summed E-state index contributed by atoms with van der Waals surface area (Å²) in [6.07, 6.45) is -10.00. The Hall–Kier alpha value is -2.22. The fourth-order valence-corrected chi connectivity index (χ4v) is 1.31. The van der Waals surface area contributed by atoms with Gasteiger partial charge in [-0.25, -0.2) is 0 Å². The molecule has 0 spiro atoms. The van der Waals surface area contributed by atoms with Gasteiger partial charge < -0.3 is 0 Å². The molecule has 0 aliphatic carbocycles. The van der Waals surface area contributed by atoms with Gasteiger partial charge in [-0.05, 0) is 12.1 Å². The first kappa shape index (κ1) is 13.8. The molecule has 0 bridgehead atoms. The van der Waals surface area contributed by atoms with Crippen LogP contribution in [0.2, 0.25) is 0 Å². The number of benzene rings is 1. The Morgan fingerprint density at radius 2 is 1.00 bits per heavy atom. The van der Waals surface area contributed by atoms with E-state index in [-0.39, 0.29) is 12.1 Å². The van der Waals surface area contributed by atoms with E-state index >= 15 is 0 Å². The molecule has 0 fully saturated rings. The van der Waals surface area contributed by atoms with Gasteiger partial charge in [0.15, 0.2) is 0 Å². The van der Waals surface area contributed by atoms with Gasteiger partial charge in [-0.15, -0.1) is 0 Å². The van der Waals surface area contributed by atoms with E-state index in [1.165, 1.54) is 0 Å². The molecular weight excluding hydrogens is 262 g/mol. The van der Waals surface area contributed by atoms with E-state index in [0.717, 1.165) is 12.1 Å². The van der Waals surface area contributed by atoms with Crippen molar-refractivity contribution < 1.29 is 26.3 Å². The van der Waals surface area contributed by atoms with Crippen molar-refractivity contribution in [3.05, 3.63) is 34.4 Å². The average molecular weight is 264 g/mol. The molecule has 8 heteroatoms. The third kappa shape index (κ3) is 2.38. The van der Waals surface area contributed by atoms with Crippen LogP contribution in [-0.4, -0.2) is 0 Å². The van der Waals surface area contributed by atoms with Crippen LogP contribution in [0.25, 0.3) is 0 Å². The Morgan fingerprint density at radius 1 is 0.722 bits per heavy atom. The largest absolute Gasteiger partial charge is 0.417 e. The lowest BCUT2D eigenvalue weighted by molar-refractivity contribution is -0.141. The summed E-state index contributed by atoms with van der Waals surface area (Å²) in [5.41, 5.74) is -5.76. The zero-order valence-electron chi connectivity index (χ0n) is 8.32. The third-order valence-corrected chi connectivity index (χ3v) is 2.04. The van der Waals surface area contributed by atoms with Gasteiger partial charge in [0.05, 0.1) is 22.3 Å². The first-order valence-corrected chi connectivity index (χ1v) is 4.24. The Labute approximate surface area is 96.7 Å². The third-order valence-electron chi connectivity index (χ3n) is 2.04. The molecule has 0 N–H and O–H groups in total. The smallest absolute Gasteiger partial charge is 0.192 e. The maximum atomic E-state index is 12.4. The van der Waals surface area contributed by atoms with Crippen molar-refractivity contribution in [2.24, 2.45) is 0 Å². The van der Waals surface area contributed by atoms with Crippen LogP contribution in [0.5, 0.6) is 0 Å². The fourth-order valence-electron chi connectivity index (χ4n) is 1.31. The molecule has 0 aliphatic rings. The molecular formula is C10H2F6N2. The molecule has 1 aromatic rings. The summed E-state index contributed by atoms with van der Waals surface area (Å²) in [7, 11) is 0. The summed E-state index contributed by atoms with van der Waals surface area (Å²) in [5.74, 6) is 0. The predicted octanol–water partition coefficient (Wildman–Crippen LogP) is 3.47. The van der Waals surface area contributed by atoms with Crippen molar-refractivity contribution in [2.75, 3.05) is 0 Å². The highest BCUT2D eigenvalue weighted by molar-refractivity contribution is 5.56. The summed E-state index contributed by atoms with van der Waals surface area (Å²) in [6, 6.07) is 2.27. The molecule has 0 unspecified atom stereocenters. The normalized spacial score (nSPS) is 11.8. The van der Waals surface area contributed by atoms with Gasteiger partial charge in [-0.3, -0.25) is 0 Å². The maximum absolute atomic E-state index is 12.4. The molecule has 2 nitrogen and oxygen atoms in total. The SMILES string of the molecule is N#Cc1c(C(F)(F)F)ccc(C(F)(F)F)c1C#N. The molecule has 0 atom stereocenters. The van der Waals surface area contributed by atoms with Gasteiger partial charge in [0.1, 0.15) is 12.1 Å². The Morgan fingerprint density at radius 3 is 1.17 bits per heavy atom. The van der Waals surface area contributed by atoms with Crippen LogP contribution in [0.15, 0.2) is 12.1 Å². The van der Waals surface area contributed by atoms with E-state index in [1.807, 2.05) is 0 Å². The second kappa shape index (κ2) is 4.22. The molecule has 0 aliphatic heterocycles. The Balaban J connectivity index is 3.71. The second-order valence-electron chi connectivity index (χ2n) is 3.13. The summed E-state index contributed by atoms with van der Waals surface area (Å²) >= 11 is 0. The van der Waals surface area contributed by atoms with E-state index in [0.29, 0.717) is 0 Å². The zero-order chi connectivity index (χ0) is 14.1. The molecule has 94 valence electrons. The molecule has 0 heterocycles. The van der Waals surface area contributed by atoms with Crippen LogP contribution in [0.1, 0.15) is 22.3 Å². The average Bonchev–Trinajstić information content (AvgIpc) is 2.24. The van der Waals surface area contributed by atoms with E-state index in [2.05, 4.69) is 0 Å². The summed E-state index contributed by atoms with van der Waals surface area (Å²) in [6.45, 7) is 0. The standard InChI is InChI=1S/C10H2F6N2/c11-9(12,13)7-1-2-8(10(14,15)16)6(4-18)5(7)3-17/h1-2H. The number of hydrogen-bond acceptors (Lipinski definition) is 2. The van der Waals surface area contributed by atoms with E-state index in [1.54, 1.807) is 0 Å². The van der Waals surface area contributed by atoms with Crippen LogP contribution in [0.4, 0.5) is 26.3 Å². The number of hydrogen-bond donors (Lipinski definition) is 0. The van der Waals surface area contributed by atoms with Crippen molar-refractivity contribution in [2.45, 2.75) is 12.4 Å². The molecule has 0 saturated carbocycles.